The van der Waals surface area contributed by atoms with Crippen molar-refractivity contribution in [1.82, 2.24) is 9.80 Å². The van der Waals surface area contributed by atoms with Gasteiger partial charge in [0.05, 0.1) is 11.8 Å². The number of hydrogen-bond donors (Lipinski definition) is 1. The molecule has 0 saturated carbocycles. The van der Waals surface area contributed by atoms with E-state index < -0.39 is 17.8 Å². The molecule has 0 bridgehead atoms. The Morgan fingerprint density at radius 2 is 1.67 bits per heavy atom. The van der Waals surface area contributed by atoms with Crippen LogP contribution in [-0.2, 0) is 9.59 Å². The summed E-state index contributed by atoms with van der Waals surface area (Å²) in [4.78, 5) is 40.6. The summed E-state index contributed by atoms with van der Waals surface area (Å²) in [6.07, 6.45) is 2.22. The first-order valence-electron chi connectivity index (χ1n) is 9.23. The highest BCUT2D eigenvalue weighted by atomic mass is 16.7. The summed E-state index contributed by atoms with van der Waals surface area (Å²) in [5, 5.41) is 9.50. The number of piperidine rings is 1. The number of hydrogen-bond acceptors (Lipinski definition) is 5. The van der Waals surface area contributed by atoms with Gasteiger partial charge in [-0.2, -0.15) is 0 Å². The lowest BCUT2D eigenvalue weighted by molar-refractivity contribution is -0.146. The van der Waals surface area contributed by atoms with Gasteiger partial charge in [-0.25, -0.2) is 0 Å². The van der Waals surface area contributed by atoms with Gasteiger partial charge in [-0.15, -0.1) is 0 Å². The molecule has 144 valence electrons. The van der Waals surface area contributed by atoms with Crippen LogP contribution in [0.1, 0.15) is 29.6 Å². The fraction of sp³-hybridized carbons (Fsp3) is 0.526. The molecular weight excluding hydrogens is 352 g/mol. The fourth-order valence-corrected chi connectivity index (χ4v) is 4.03. The van der Waals surface area contributed by atoms with E-state index in [2.05, 4.69) is 0 Å². The van der Waals surface area contributed by atoms with Crippen LogP contribution in [0.2, 0.25) is 0 Å². The zero-order valence-corrected chi connectivity index (χ0v) is 14.9. The van der Waals surface area contributed by atoms with Crippen LogP contribution in [0.25, 0.3) is 0 Å². The van der Waals surface area contributed by atoms with Crippen molar-refractivity contribution in [1.29, 1.82) is 0 Å². The number of fused-ring (bicyclic) bond motifs is 1. The minimum Gasteiger partial charge on any atom is -0.481 e. The molecule has 3 heterocycles. The molecule has 0 aromatic heterocycles. The summed E-state index contributed by atoms with van der Waals surface area (Å²) >= 11 is 0. The number of rotatable bonds is 3. The van der Waals surface area contributed by atoms with Crippen molar-refractivity contribution in [3.05, 3.63) is 23.8 Å². The maximum atomic E-state index is 13.0. The van der Waals surface area contributed by atoms with Crippen LogP contribution in [0.5, 0.6) is 11.5 Å². The molecular formula is C19H22N2O6. The summed E-state index contributed by atoms with van der Waals surface area (Å²) in [6, 6.07) is 4.91. The molecule has 8 heteroatoms. The smallest absolute Gasteiger partial charge is 0.308 e. The fourth-order valence-electron chi connectivity index (χ4n) is 4.03. The van der Waals surface area contributed by atoms with Crippen molar-refractivity contribution >= 4 is 17.8 Å². The first-order chi connectivity index (χ1) is 13.0. The Bertz CT molecular complexity index is 773. The molecule has 4 rings (SSSR count). The molecule has 1 aromatic carbocycles. The lowest BCUT2D eigenvalue weighted by atomic mass is 9.87. The Morgan fingerprint density at radius 3 is 2.41 bits per heavy atom. The van der Waals surface area contributed by atoms with Gasteiger partial charge in [0.1, 0.15) is 0 Å². The van der Waals surface area contributed by atoms with Crippen LogP contribution < -0.4 is 9.47 Å². The average molecular weight is 374 g/mol. The largest absolute Gasteiger partial charge is 0.481 e. The highest BCUT2D eigenvalue weighted by Gasteiger charge is 2.39. The third kappa shape index (κ3) is 3.43. The second-order valence-electron chi connectivity index (χ2n) is 7.28. The third-order valence-corrected chi connectivity index (χ3v) is 5.47. The maximum absolute atomic E-state index is 13.0. The van der Waals surface area contributed by atoms with Crippen molar-refractivity contribution in [3.8, 4) is 11.5 Å². The standard InChI is InChI=1S/C19H22N2O6/c22-17(12-3-4-15-16(8-12)27-11-26-15)21-9-13(7-14(10-21)19(24)25)18(23)20-5-1-2-6-20/h3-4,8,13-14H,1-2,5-7,9-11H2,(H,24,25)/t13-,14+/m1/s1. The Hall–Kier alpha value is -2.77. The predicted molar refractivity (Wildman–Crippen MR) is 93.5 cm³/mol. The Kier molecular flexibility index (Phi) is 4.63. The molecule has 27 heavy (non-hydrogen) atoms. The van der Waals surface area contributed by atoms with Crippen molar-refractivity contribution < 1.29 is 29.0 Å². The molecule has 0 radical (unpaired) electrons. The first-order valence-corrected chi connectivity index (χ1v) is 9.23. The summed E-state index contributed by atoms with van der Waals surface area (Å²) in [5.74, 6) is -1.45. The SMILES string of the molecule is O=C(O)[C@H]1C[C@@H](C(=O)N2CCCC2)CN(C(=O)c2ccc3c(c2)OCO3)C1. The van der Waals surface area contributed by atoms with Crippen molar-refractivity contribution in [2.75, 3.05) is 33.0 Å². The quantitative estimate of drug-likeness (QED) is 0.854. The second-order valence-corrected chi connectivity index (χ2v) is 7.28. The number of nitrogens with zero attached hydrogens (tertiary/aromatic N) is 2. The number of carbonyl (C=O) groups is 3. The highest BCUT2D eigenvalue weighted by molar-refractivity contribution is 5.96. The molecule has 2 atom stereocenters. The lowest BCUT2D eigenvalue weighted by Crippen LogP contribution is -2.50. The zero-order chi connectivity index (χ0) is 19.0. The van der Waals surface area contributed by atoms with Crippen LogP contribution in [0.3, 0.4) is 0 Å². The molecule has 1 aromatic rings. The Balaban J connectivity index is 1.54. The Labute approximate surface area is 156 Å². The van der Waals surface area contributed by atoms with Crippen LogP contribution >= 0.6 is 0 Å². The molecule has 3 aliphatic rings. The van der Waals surface area contributed by atoms with Crippen molar-refractivity contribution in [2.24, 2.45) is 11.8 Å². The van der Waals surface area contributed by atoms with Gasteiger partial charge in [-0.1, -0.05) is 0 Å². The van der Waals surface area contributed by atoms with Gasteiger partial charge in [-0.05, 0) is 37.5 Å². The summed E-state index contributed by atoms with van der Waals surface area (Å²) in [5.41, 5.74) is 0.401. The number of ether oxygens (including phenoxy) is 2. The van der Waals surface area contributed by atoms with Gasteiger partial charge >= 0.3 is 5.97 Å². The number of carboxylic acid groups (broad SMARTS) is 1. The van der Waals surface area contributed by atoms with Crippen LogP contribution in [-0.4, -0.2) is 65.7 Å². The lowest BCUT2D eigenvalue weighted by Gasteiger charge is -2.37. The average Bonchev–Trinajstić information content (AvgIpc) is 3.37. The maximum Gasteiger partial charge on any atom is 0.308 e. The number of carbonyl (C=O) groups excluding carboxylic acids is 2. The monoisotopic (exact) mass is 374 g/mol. The number of aliphatic carboxylic acids is 1. The van der Waals surface area contributed by atoms with Gasteiger partial charge in [0.2, 0.25) is 12.7 Å². The number of carboxylic acids is 1. The molecule has 8 nitrogen and oxygen atoms in total. The van der Waals surface area contributed by atoms with Crippen molar-refractivity contribution in [2.45, 2.75) is 19.3 Å². The van der Waals surface area contributed by atoms with Crippen molar-refractivity contribution in [3.63, 3.8) is 0 Å². The zero-order valence-electron chi connectivity index (χ0n) is 14.9. The van der Waals surface area contributed by atoms with E-state index in [9.17, 15) is 19.5 Å². The normalized spacial score (nSPS) is 24.1. The summed E-state index contributed by atoms with van der Waals surface area (Å²) < 4.78 is 10.6. The van der Waals surface area contributed by atoms with E-state index in [0.717, 1.165) is 12.8 Å². The number of amides is 2. The molecule has 0 spiro atoms. The van der Waals surface area contributed by atoms with Gasteiger partial charge in [0, 0.05) is 31.7 Å². The first kappa shape index (κ1) is 17.6. The topological polar surface area (TPSA) is 96.4 Å². The van der Waals surface area contributed by atoms with E-state index in [-0.39, 0.29) is 38.1 Å². The molecule has 2 saturated heterocycles. The molecule has 0 aliphatic carbocycles. The summed E-state index contributed by atoms with van der Waals surface area (Å²) in [7, 11) is 0. The second kappa shape index (κ2) is 7.09. The molecule has 2 fully saturated rings. The van der Waals surface area contributed by atoms with Gasteiger partial charge < -0.3 is 24.4 Å². The molecule has 1 N–H and O–H groups in total. The minimum absolute atomic E-state index is 0.0399. The number of benzene rings is 1. The third-order valence-electron chi connectivity index (χ3n) is 5.47. The van der Waals surface area contributed by atoms with E-state index >= 15 is 0 Å². The van der Waals surface area contributed by atoms with E-state index in [1.807, 2.05) is 0 Å². The van der Waals surface area contributed by atoms with Crippen LogP contribution in [0.4, 0.5) is 0 Å². The Morgan fingerprint density at radius 1 is 0.963 bits per heavy atom. The van der Waals surface area contributed by atoms with E-state index in [1.54, 1.807) is 23.1 Å². The van der Waals surface area contributed by atoms with Gasteiger partial charge in [-0.3, -0.25) is 14.4 Å². The molecule has 3 aliphatic heterocycles. The highest BCUT2D eigenvalue weighted by Crippen LogP contribution is 2.33. The summed E-state index contributed by atoms with van der Waals surface area (Å²) in [6.45, 7) is 1.88. The van der Waals surface area contributed by atoms with Gasteiger partial charge in [0.25, 0.3) is 5.91 Å². The molecule has 2 amide bonds. The van der Waals surface area contributed by atoms with Gasteiger partial charge in [0.15, 0.2) is 11.5 Å². The predicted octanol–water partition coefficient (Wildman–Crippen LogP) is 1.20. The van der Waals surface area contributed by atoms with Crippen LogP contribution in [0, 0.1) is 11.8 Å². The minimum atomic E-state index is -0.975. The molecule has 0 unspecified atom stereocenters. The number of likely N-dealkylation sites (tertiary alicyclic amines) is 2. The van der Waals surface area contributed by atoms with E-state index in [0.29, 0.717) is 30.2 Å². The van der Waals surface area contributed by atoms with Crippen LogP contribution in [0.15, 0.2) is 18.2 Å². The van der Waals surface area contributed by atoms with E-state index in [4.69, 9.17) is 9.47 Å². The van der Waals surface area contributed by atoms with E-state index in [1.165, 1.54) is 4.90 Å².